The molecule has 0 unspecified atom stereocenters. The molecule has 0 aromatic heterocycles. The van der Waals surface area contributed by atoms with Crippen molar-refractivity contribution in [1.82, 2.24) is 0 Å². The predicted molar refractivity (Wildman–Crippen MR) is 91.3 cm³/mol. The molecule has 0 saturated heterocycles. The molecule has 0 heterocycles. The van der Waals surface area contributed by atoms with Crippen molar-refractivity contribution in [1.29, 1.82) is 0 Å². The third kappa shape index (κ3) is 4.43. The lowest BCUT2D eigenvalue weighted by molar-refractivity contribution is 0.326. The summed E-state index contributed by atoms with van der Waals surface area (Å²) in [5.74, 6) is 1.31. The molecule has 3 rings (SSSR count). The van der Waals surface area contributed by atoms with E-state index >= 15 is 0 Å². The summed E-state index contributed by atoms with van der Waals surface area (Å²) in [6, 6.07) is 4.41. The van der Waals surface area contributed by atoms with Crippen molar-refractivity contribution in [3.05, 3.63) is 47.5 Å². The average Bonchev–Trinajstić information content (AvgIpc) is 2.57. The van der Waals surface area contributed by atoms with Crippen LogP contribution in [0.1, 0.15) is 69.8 Å². The zero-order valence-electron chi connectivity index (χ0n) is 14.1. The molecule has 2 fully saturated rings. The fourth-order valence-electron chi connectivity index (χ4n) is 4.20. The van der Waals surface area contributed by atoms with Gasteiger partial charge in [-0.1, -0.05) is 38.0 Å². The Labute approximate surface area is 139 Å². The Hall–Kier alpha value is -1.18. The van der Waals surface area contributed by atoms with Gasteiger partial charge in [-0.05, 0) is 79.9 Å². The van der Waals surface area contributed by atoms with Crippen molar-refractivity contribution in [2.75, 3.05) is 0 Å². The van der Waals surface area contributed by atoms with Crippen LogP contribution in [0.4, 0.5) is 8.78 Å². The molecule has 0 atom stereocenters. The summed E-state index contributed by atoms with van der Waals surface area (Å²) in [4.78, 5) is 0. The first-order valence-corrected chi connectivity index (χ1v) is 9.25. The largest absolute Gasteiger partial charge is 0.204 e. The van der Waals surface area contributed by atoms with Crippen LogP contribution in [0.2, 0.25) is 0 Å². The van der Waals surface area contributed by atoms with Crippen molar-refractivity contribution in [2.45, 2.75) is 64.2 Å². The maximum Gasteiger partial charge on any atom is 0.159 e. The summed E-state index contributed by atoms with van der Waals surface area (Å²) in [5.41, 5.74) is 0.965. The topological polar surface area (TPSA) is 0 Å². The molecule has 0 N–H and O–H groups in total. The summed E-state index contributed by atoms with van der Waals surface area (Å²) in [7, 11) is 0. The molecule has 0 aliphatic heterocycles. The Morgan fingerprint density at radius 3 is 1.91 bits per heavy atom. The average molecular weight is 318 g/mol. The van der Waals surface area contributed by atoms with Crippen molar-refractivity contribution < 1.29 is 8.78 Å². The molecule has 2 aliphatic rings. The Bertz CT molecular complexity index is 533. The first-order valence-electron chi connectivity index (χ1n) is 9.25. The number of hydrogen-bond acceptors (Lipinski definition) is 0. The number of benzene rings is 1. The summed E-state index contributed by atoms with van der Waals surface area (Å²) in [5, 5.41) is 0. The van der Waals surface area contributed by atoms with Crippen LogP contribution in [0.25, 0.3) is 0 Å². The first-order chi connectivity index (χ1) is 11.1. The minimum absolute atomic E-state index is 0.394. The summed E-state index contributed by atoms with van der Waals surface area (Å²) in [6.07, 6.45) is 14.9. The van der Waals surface area contributed by atoms with E-state index in [1.54, 1.807) is 6.07 Å². The highest BCUT2D eigenvalue weighted by Crippen LogP contribution is 2.37. The zero-order chi connectivity index (χ0) is 16.2. The second kappa shape index (κ2) is 7.59. The van der Waals surface area contributed by atoms with E-state index in [-0.39, 0.29) is 0 Å². The van der Waals surface area contributed by atoms with Crippen LogP contribution in [-0.2, 0) is 0 Å². The van der Waals surface area contributed by atoms with Crippen LogP contribution in [0, 0.1) is 29.4 Å². The quantitative estimate of drug-likeness (QED) is 0.549. The number of halogens is 2. The highest BCUT2D eigenvalue weighted by atomic mass is 19.2. The van der Waals surface area contributed by atoms with E-state index in [9.17, 15) is 8.78 Å². The van der Waals surface area contributed by atoms with Gasteiger partial charge in [0.1, 0.15) is 0 Å². The molecular formula is C21H28F2. The van der Waals surface area contributed by atoms with E-state index in [0.717, 1.165) is 30.2 Å². The number of hydrogen-bond donors (Lipinski definition) is 0. The molecule has 2 saturated carbocycles. The highest BCUT2D eigenvalue weighted by Gasteiger charge is 2.22. The predicted octanol–water partition coefficient (Wildman–Crippen LogP) is 6.62. The molecule has 0 bridgehead atoms. The highest BCUT2D eigenvalue weighted by molar-refractivity contribution is 5.22. The standard InChI is InChI=1S/C21H28F2/c1-15-2-4-16(5-3-15)6-7-17-8-10-18(11-9-17)19-12-13-20(22)21(23)14-19/h6-7,12-18H,2-5,8-11H2,1H3/b7-6+. The molecule has 23 heavy (non-hydrogen) atoms. The maximum atomic E-state index is 13.4. The second-order valence-corrected chi connectivity index (χ2v) is 7.69. The third-order valence-corrected chi connectivity index (χ3v) is 5.90. The fourth-order valence-corrected chi connectivity index (χ4v) is 4.20. The van der Waals surface area contributed by atoms with Crippen LogP contribution < -0.4 is 0 Å². The van der Waals surface area contributed by atoms with E-state index in [1.165, 1.54) is 50.7 Å². The molecule has 2 aliphatic carbocycles. The minimum Gasteiger partial charge on any atom is -0.204 e. The van der Waals surface area contributed by atoms with E-state index in [4.69, 9.17) is 0 Å². The lowest BCUT2D eigenvalue weighted by Crippen LogP contribution is -2.13. The van der Waals surface area contributed by atoms with Gasteiger partial charge in [0.25, 0.3) is 0 Å². The van der Waals surface area contributed by atoms with Gasteiger partial charge in [-0.2, -0.15) is 0 Å². The Morgan fingerprint density at radius 2 is 1.35 bits per heavy atom. The first kappa shape index (κ1) is 16.7. The molecule has 1 aromatic carbocycles. The van der Waals surface area contributed by atoms with Crippen LogP contribution in [0.15, 0.2) is 30.4 Å². The van der Waals surface area contributed by atoms with E-state index in [1.807, 2.05) is 0 Å². The molecule has 0 spiro atoms. The normalized spacial score (nSPS) is 32.3. The maximum absolute atomic E-state index is 13.4. The molecule has 0 nitrogen and oxygen atoms in total. The summed E-state index contributed by atoms with van der Waals surface area (Å²) < 4.78 is 26.4. The van der Waals surface area contributed by atoms with Gasteiger partial charge < -0.3 is 0 Å². The smallest absolute Gasteiger partial charge is 0.159 e. The van der Waals surface area contributed by atoms with Gasteiger partial charge in [0.2, 0.25) is 0 Å². The van der Waals surface area contributed by atoms with Crippen LogP contribution >= 0.6 is 0 Å². The molecule has 2 heteroatoms. The van der Waals surface area contributed by atoms with Crippen LogP contribution in [0.5, 0.6) is 0 Å². The fraction of sp³-hybridized carbons (Fsp3) is 0.619. The van der Waals surface area contributed by atoms with Gasteiger partial charge in [-0.15, -0.1) is 0 Å². The van der Waals surface area contributed by atoms with E-state index in [2.05, 4.69) is 19.1 Å². The molecule has 0 radical (unpaired) electrons. The SMILES string of the molecule is CC1CCC(/C=C/C2CCC(c3ccc(F)c(F)c3)CC2)CC1. The van der Waals surface area contributed by atoms with Gasteiger partial charge in [0, 0.05) is 0 Å². The number of rotatable bonds is 3. The Kier molecular flexibility index (Phi) is 5.50. The van der Waals surface area contributed by atoms with E-state index in [0.29, 0.717) is 11.8 Å². The van der Waals surface area contributed by atoms with Gasteiger partial charge >= 0.3 is 0 Å². The van der Waals surface area contributed by atoms with E-state index < -0.39 is 11.6 Å². The van der Waals surface area contributed by atoms with Crippen LogP contribution in [-0.4, -0.2) is 0 Å². The van der Waals surface area contributed by atoms with Gasteiger partial charge in [0.15, 0.2) is 11.6 Å². The van der Waals surface area contributed by atoms with Gasteiger partial charge in [-0.3, -0.25) is 0 Å². The molecule has 126 valence electrons. The Morgan fingerprint density at radius 1 is 0.783 bits per heavy atom. The van der Waals surface area contributed by atoms with Crippen LogP contribution in [0.3, 0.4) is 0 Å². The van der Waals surface area contributed by atoms with Gasteiger partial charge in [-0.25, -0.2) is 8.78 Å². The zero-order valence-corrected chi connectivity index (χ0v) is 14.1. The lowest BCUT2D eigenvalue weighted by atomic mass is 9.77. The monoisotopic (exact) mass is 318 g/mol. The van der Waals surface area contributed by atoms with Crippen molar-refractivity contribution >= 4 is 0 Å². The minimum atomic E-state index is -0.743. The molecule has 1 aromatic rings. The summed E-state index contributed by atoms with van der Waals surface area (Å²) in [6.45, 7) is 2.36. The van der Waals surface area contributed by atoms with Crippen molar-refractivity contribution in [2.24, 2.45) is 17.8 Å². The third-order valence-electron chi connectivity index (χ3n) is 5.90. The lowest BCUT2D eigenvalue weighted by Gasteiger charge is -2.28. The van der Waals surface area contributed by atoms with Gasteiger partial charge in [0.05, 0.1) is 0 Å². The Balaban J connectivity index is 1.49. The van der Waals surface area contributed by atoms with Crippen molar-refractivity contribution in [3.8, 4) is 0 Å². The number of allylic oxidation sites excluding steroid dienone is 2. The second-order valence-electron chi connectivity index (χ2n) is 7.69. The molecule has 0 amide bonds. The summed E-state index contributed by atoms with van der Waals surface area (Å²) >= 11 is 0. The van der Waals surface area contributed by atoms with Crippen molar-refractivity contribution in [3.63, 3.8) is 0 Å². The molecular weight excluding hydrogens is 290 g/mol.